The zero-order chi connectivity index (χ0) is 15.9. The smallest absolute Gasteiger partial charge is 0.240 e. The molecular weight excluding hydrogens is 320 g/mol. The largest absolute Gasteiger partial charge is 0.315 e. The molecule has 0 spiro atoms. The Morgan fingerprint density at radius 3 is 2.73 bits per heavy atom. The van der Waals surface area contributed by atoms with Crippen LogP contribution in [0.4, 0.5) is 5.69 Å². The van der Waals surface area contributed by atoms with Crippen LogP contribution in [0.25, 0.3) is 0 Å². The van der Waals surface area contributed by atoms with Crippen LogP contribution >= 0.6 is 11.3 Å². The number of rotatable bonds is 4. The lowest BCUT2D eigenvalue weighted by Crippen LogP contribution is -2.23. The number of thiophene rings is 1. The van der Waals surface area contributed by atoms with Crippen molar-refractivity contribution in [1.82, 2.24) is 4.72 Å². The molecule has 7 heteroatoms. The molecule has 1 aliphatic rings. The molecule has 0 bridgehead atoms. The quantitative estimate of drug-likeness (QED) is 0.929. The molecule has 2 heterocycles. The van der Waals surface area contributed by atoms with Gasteiger partial charge in [0.1, 0.15) is 0 Å². The summed E-state index contributed by atoms with van der Waals surface area (Å²) in [5.74, 6) is -0.0217. The van der Waals surface area contributed by atoms with E-state index in [1.54, 1.807) is 35.4 Å². The Morgan fingerprint density at radius 1 is 1.27 bits per heavy atom. The van der Waals surface area contributed by atoms with Crippen LogP contribution in [0.5, 0.6) is 0 Å². The van der Waals surface area contributed by atoms with Gasteiger partial charge in [0.2, 0.25) is 15.9 Å². The van der Waals surface area contributed by atoms with Gasteiger partial charge in [-0.2, -0.15) is 0 Å². The summed E-state index contributed by atoms with van der Waals surface area (Å²) in [5, 5.41) is 0. The van der Waals surface area contributed by atoms with Gasteiger partial charge >= 0.3 is 0 Å². The highest BCUT2D eigenvalue weighted by atomic mass is 32.2. The third-order valence-electron chi connectivity index (χ3n) is 3.67. The molecule has 22 heavy (non-hydrogen) atoms. The number of likely N-dealkylation sites (N-methyl/N-ethyl adjacent to an activating group) is 1. The molecule has 0 radical (unpaired) electrons. The average Bonchev–Trinajstić information content (AvgIpc) is 3.01. The number of hydrogen-bond donors (Lipinski definition) is 1. The predicted molar refractivity (Wildman–Crippen MR) is 86.6 cm³/mol. The Labute approximate surface area is 133 Å². The Morgan fingerprint density at radius 2 is 2.05 bits per heavy atom. The number of carbonyl (C=O) groups is 1. The van der Waals surface area contributed by atoms with E-state index < -0.39 is 10.0 Å². The van der Waals surface area contributed by atoms with Crippen molar-refractivity contribution in [2.45, 2.75) is 24.8 Å². The molecule has 0 saturated carbocycles. The highest BCUT2D eigenvalue weighted by molar-refractivity contribution is 7.89. The first-order chi connectivity index (χ1) is 10.4. The molecule has 0 fully saturated rings. The van der Waals surface area contributed by atoms with Crippen molar-refractivity contribution >= 4 is 33.0 Å². The standard InChI is InChI=1S/C15H16N2O3S2/c1-10-3-4-12(21-10)9-16-22(19,20)13-5-6-14-11(7-13)8-15(18)17(14)2/h3-7,16H,8-9H2,1-2H3. The first kappa shape index (κ1) is 15.2. The zero-order valence-electron chi connectivity index (χ0n) is 12.3. The van der Waals surface area contributed by atoms with Crippen LogP contribution in [0.1, 0.15) is 15.3 Å². The Balaban J connectivity index is 1.81. The molecule has 0 saturated heterocycles. The summed E-state index contributed by atoms with van der Waals surface area (Å²) in [4.78, 5) is 15.5. The van der Waals surface area contributed by atoms with E-state index in [-0.39, 0.29) is 23.8 Å². The molecule has 0 aliphatic carbocycles. The highest BCUT2D eigenvalue weighted by Gasteiger charge is 2.26. The summed E-state index contributed by atoms with van der Waals surface area (Å²) in [6.45, 7) is 2.26. The van der Waals surface area contributed by atoms with E-state index in [1.165, 1.54) is 6.07 Å². The fraction of sp³-hybridized carbons (Fsp3) is 0.267. The van der Waals surface area contributed by atoms with Crippen LogP contribution in [-0.2, 0) is 27.8 Å². The maximum absolute atomic E-state index is 12.4. The van der Waals surface area contributed by atoms with E-state index in [9.17, 15) is 13.2 Å². The van der Waals surface area contributed by atoms with Gasteiger partial charge in [-0.3, -0.25) is 4.79 Å². The third kappa shape index (κ3) is 2.79. The van der Waals surface area contributed by atoms with Crippen LogP contribution in [0, 0.1) is 6.92 Å². The van der Waals surface area contributed by atoms with E-state index in [2.05, 4.69) is 4.72 Å². The van der Waals surface area contributed by atoms with Gasteiger partial charge in [0.05, 0.1) is 11.3 Å². The van der Waals surface area contributed by atoms with Gasteiger partial charge in [-0.15, -0.1) is 11.3 Å². The maximum atomic E-state index is 12.4. The van der Waals surface area contributed by atoms with Gasteiger partial charge in [-0.25, -0.2) is 13.1 Å². The van der Waals surface area contributed by atoms with E-state index in [4.69, 9.17) is 0 Å². The second kappa shape index (κ2) is 5.49. The predicted octanol–water partition coefficient (Wildman–Crippen LogP) is 2.05. The molecule has 0 atom stereocenters. The number of nitrogens with one attached hydrogen (secondary N) is 1. The molecule has 116 valence electrons. The molecule has 2 aromatic rings. The molecule has 1 aromatic carbocycles. The van der Waals surface area contributed by atoms with Crippen LogP contribution in [-0.4, -0.2) is 21.4 Å². The molecule has 0 unspecified atom stereocenters. The number of benzene rings is 1. The number of sulfonamides is 1. The minimum absolute atomic E-state index is 0.0217. The van der Waals surface area contributed by atoms with E-state index >= 15 is 0 Å². The molecule has 1 aromatic heterocycles. The minimum atomic E-state index is -3.58. The number of nitrogens with zero attached hydrogens (tertiary/aromatic N) is 1. The second-order valence-corrected chi connectivity index (χ2v) is 8.40. The first-order valence-corrected chi connectivity index (χ1v) is 9.11. The lowest BCUT2D eigenvalue weighted by Gasteiger charge is -2.11. The number of amides is 1. The molecule has 1 N–H and O–H groups in total. The summed E-state index contributed by atoms with van der Waals surface area (Å²) < 4.78 is 27.3. The zero-order valence-corrected chi connectivity index (χ0v) is 13.9. The van der Waals surface area contributed by atoms with Crippen molar-refractivity contribution in [3.05, 3.63) is 45.6 Å². The number of hydrogen-bond acceptors (Lipinski definition) is 4. The van der Waals surface area contributed by atoms with Crippen molar-refractivity contribution in [1.29, 1.82) is 0 Å². The van der Waals surface area contributed by atoms with Crippen molar-refractivity contribution < 1.29 is 13.2 Å². The van der Waals surface area contributed by atoms with Gasteiger partial charge < -0.3 is 4.90 Å². The van der Waals surface area contributed by atoms with Crippen molar-refractivity contribution in [2.75, 3.05) is 11.9 Å². The fourth-order valence-corrected chi connectivity index (χ4v) is 4.42. The van der Waals surface area contributed by atoms with Gasteiger partial charge in [0.15, 0.2) is 0 Å². The van der Waals surface area contributed by atoms with Crippen molar-refractivity contribution in [2.24, 2.45) is 0 Å². The molecule has 1 aliphatic heterocycles. The summed E-state index contributed by atoms with van der Waals surface area (Å²) in [6.07, 6.45) is 0.249. The van der Waals surface area contributed by atoms with Crippen molar-refractivity contribution in [3.8, 4) is 0 Å². The Bertz CT molecular complexity index is 840. The van der Waals surface area contributed by atoms with Gasteiger partial charge in [-0.1, -0.05) is 0 Å². The van der Waals surface area contributed by atoms with Gasteiger partial charge in [0.25, 0.3) is 0 Å². The average molecular weight is 336 g/mol. The summed E-state index contributed by atoms with van der Waals surface area (Å²) >= 11 is 1.57. The van der Waals surface area contributed by atoms with Crippen LogP contribution in [0.2, 0.25) is 0 Å². The van der Waals surface area contributed by atoms with Gasteiger partial charge in [0, 0.05) is 29.0 Å². The summed E-state index contributed by atoms with van der Waals surface area (Å²) in [6, 6.07) is 8.68. The second-order valence-electron chi connectivity index (χ2n) is 5.26. The van der Waals surface area contributed by atoms with Crippen LogP contribution in [0.3, 0.4) is 0 Å². The number of carbonyl (C=O) groups excluding carboxylic acids is 1. The monoisotopic (exact) mass is 336 g/mol. The lowest BCUT2D eigenvalue weighted by atomic mass is 10.2. The summed E-state index contributed by atoms with van der Waals surface area (Å²) in [5.41, 5.74) is 1.53. The topological polar surface area (TPSA) is 66.5 Å². The number of anilines is 1. The Hall–Kier alpha value is -1.70. The van der Waals surface area contributed by atoms with E-state index in [1.807, 2.05) is 19.1 Å². The lowest BCUT2D eigenvalue weighted by molar-refractivity contribution is -0.117. The third-order valence-corrected chi connectivity index (χ3v) is 6.07. The Kier molecular flexibility index (Phi) is 3.80. The molecular formula is C15H16N2O3S2. The normalized spacial score (nSPS) is 14.5. The first-order valence-electron chi connectivity index (χ1n) is 6.81. The number of fused-ring (bicyclic) bond motifs is 1. The van der Waals surface area contributed by atoms with E-state index in [0.717, 1.165) is 21.0 Å². The molecule has 3 rings (SSSR count). The van der Waals surface area contributed by atoms with Crippen LogP contribution < -0.4 is 9.62 Å². The molecule has 5 nitrogen and oxygen atoms in total. The fourth-order valence-electron chi connectivity index (χ4n) is 2.44. The maximum Gasteiger partial charge on any atom is 0.240 e. The van der Waals surface area contributed by atoms with Crippen molar-refractivity contribution in [3.63, 3.8) is 0 Å². The summed E-state index contributed by atoms with van der Waals surface area (Å²) in [7, 11) is -1.88. The number of aryl methyl sites for hydroxylation is 1. The van der Waals surface area contributed by atoms with Crippen LogP contribution in [0.15, 0.2) is 35.2 Å². The minimum Gasteiger partial charge on any atom is -0.315 e. The van der Waals surface area contributed by atoms with E-state index in [0.29, 0.717) is 0 Å². The highest BCUT2D eigenvalue weighted by Crippen LogP contribution is 2.29. The molecule has 1 amide bonds. The van der Waals surface area contributed by atoms with Gasteiger partial charge in [-0.05, 0) is 42.8 Å². The SMILES string of the molecule is Cc1ccc(CNS(=O)(=O)c2ccc3c(c2)CC(=O)N3C)s1.